The first-order valence-electron chi connectivity index (χ1n) is 6.88. The normalized spacial score (nSPS) is 20.3. The zero-order chi connectivity index (χ0) is 13.5. The molecule has 1 aromatic carbocycles. The number of anilines is 1. The number of nitrogens with zero attached hydrogens (tertiary/aromatic N) is 2. The third kappa shape index (κ3) is 1.86. The fourth-order valence-electron chi connectivity index (χ4n) is 2.61. The van der Waals surface area contributed by atoms with Crippen molar-refractivity contribution in [1.29, 1.82) is 0 Å². The highest BCUT2D eigenvalue weighted by Crippen LogP contribution is 2.35. The second kappa shape index (κ2) is 4.37. The van der Waals surface area contributed by atoms with Crippen LogP contribution in [0.1, 0.15) is 30.5 Å². The topological polar surface area (TPSA) is 56.1 Å². The molecule has 20 heavy (non-hydrogen) atoms. The third-order valence-electron chi connectivity index (χ3n) is 3.82. The summed E-state index contributed by atoms with van der Waals surface area (Å²) in [5, 5.41) is 3.22. The van der Waals surface area contributed by atoms with E-state index < -0.39 is 0 Å². The van der Waals surface area contributed by atoms with Crippen molar-refractivity contribution in [2.75, 3.05) is 11.9 Å². The lowest BCUT2D eigenvalue weighted by Crippen LogP contribution is -2.26. The molecule has 2 aromatic rings. The molecule has 0 saturated heterocycles. The molecule has 2 heterocycles. The van der Waals surface area contributed by atoms with E-state index in [4.69, 9.17) is 4.74 Å². The number of benzene rings is 1. The summed E-state index contributed by atoms with van der Waals surface area (Å²) in [5.41, 5.74) is 1.04. The van der Waals surface area contributed by atoms with Crippen molar-refractivity contribution in [2.45, 2.75) is 24.9 Å². The molecule has 0 radical (unpaired) electrons. The fourth-order valence-corrected chi connectivity index (χ4v) is 2.61. The predicted molar refractivity (Wildman–Crippen MR) is 75.1 cm³/mol. The van der Waals surface area contributed by atoms with Gasteiger partial charge in [-0.2, -0.15) is 0 Å². The first kappa shape index (κ1) is 11.5. The van der Waals surface area contributed by atoms with E-state index in [1.54, 1.807) is 17.0 Å². The molecule has 1 aliphatic heterocycles. The summed E-state index contributed by atoms with van der Waals surface area (Å²) in [6, 6.07) is 8.23. The van der Waals surface area contributed by atoms with Crippen molar-refractivity contribution in [3.8, 4) is 5.75 Å². The molecule has 0 amide bonds. The minimum absolute atomic E-state index is 0.0125. The van der Waals surface area contributed by atoms with Gasteiger partial charge in [-0.15, -0.1) is 0 Å². The summed E-state index contributed by atoms with van der Waals surface area (Å²) in [4.78, 5) is 16.5. The highest BCUT2D eigenvalue weighted by molar-refractivity contribution is 5.45. The smallest absolute Gasteiger partial charge is 0.293 e. The van der Waals surface area contributed by atoms with E-state index in [0.29, 0.717) is 18.5 Å². The van der Waals surface area contributed by atoms with Crippen LogP contribution >= 0.6 is 0 Å². The summed E-state index contributed by atoms with van der Waals surface area (Å²) < 4.78 is 7.39. The number of para-hydroxylation sites is 1. The minimum Gasteiger partial charge on any atom is -0.491 e. The Morgan fingerprint density at radius 1 is 1.30 bits per heavy atom. The first-order chi connectivity index (χ1) is 9.83. The van der Waals surface area contributed by atoms with Crippen molar-refractivity contribution >= 4 is 5.82 Å². The lowest BCUT2D eigenvalue weighted by molar-refractivity contribution is 0.339. The Morgan fingerprint density at radius 2 is 2.15 bits per heavy atom. The van der Waals surface area contributed by atoms with E-state index in [-0.39, 0.29) is 11.6 Å². The highest BCUT2D eigenvalue weighted by Gasteiger charge is 2.27. The monoisotopic (exact) mass is 269 g/mol. The minimum atomic E-state index is -0.0422. The maximum Gasteiger partial charge on any atom is 0.293 e. The summed E-state index contributed by atoms with van der Waals surface area (Å²) in [6.07, 6.45) is 5.62. The molecular weight excluding hydrogens is 254 g/mol. The Balaban J connectivity index is 1.64. The van der Waals surface area contributed by atoms with Crippen molar-refractivity contribution in [1.82, 2.24) is 9.55 Å². The Bertz CT molecular complexity index is 706. The van der Waals surface area contributed by atoms with Crippen LogP contribution in [0.5, 0.6) is 5.75 Å². The largest absolute Gasteiger partial charge is 0.491 e. The molecule has 2 aliphatic rings. The number of rotatable bonds is 3. The molecule has 5 nitrogen and oxygen atoms in total. The maximum absolute atomic E-state index is 12.3. The zero-order valence-electron chi connectivity index (χ0n) is 11.0. The van der Waals surface area contributed by atoms with Gasteiger partial charge in [-0.25, -0.2) is 4.98 Å². The zero-order valence-corrected chi connectivity index (χ0v) is 11.0. The van der Waals surface area contributed by atoms with Crippen LogP contribution in [0, 0.1) is 0 Å². The molecule has 1 fully saturated rings. The van der Waals surface area contributed by atoms with Crippen LogP contribution in [-0.4, -0.2) is 16.2 Å². The van der Waals surface area contributed by atoms with Gasteiger partial charge in [0.25, 0.3) is 5.56 Å². The van der Waals surface area contributed by atoms with E-state index in [0.717, 1.165) is 24.2 Å². The molecule has 1 N–H and O–H groups in total. The lowest BCUT2D eigenvalue weighted by Gasteiger charge is -2.13. The average molecular weight is 269 g/mol. The van der Waals surface area contributed by atoms with E-state index in [2.05, 4.69) is 10.3 Å². The average Bonchev–Trinajstić information content (AvgIpc) is 3.24. The standard InChI is InChI=1S/C15H15N3O2/c19-15-14(16-7-8-18(15)10-5-6-10)17-12-9-20-13-4-2-1-3-11(12)13/h1-4,7-8,10,12H,5-6,9H2,(H,16,17). The number of fused-ring (bicyclic) bond motifs is 1. The Labute approximate surface area is 116 Å². The van der Waals surface area contributed by atoms with Gasteiger partial charge in [-0.1, -0.05) is 18.2 Å². The van der Waals surface area contributed by atoms with Gasteiger partial charge in [0, 0.05) is 24.0 Å². The molecule has 0 bridgehead atoms. The van der Waals surface area contributed by atoms with E-state index >= 15 is 0 Å². The van der Waals surface area contributed by atoms with Gasteiger partial charge in [-0.05, 0) is 18.9 Å². The van der Waals surface area contributed by atoms with Crippen LogP contribution in [0.25, 0.3) is 0 Å². The molecule has 1 aliphatic carbocycles. The van der Waals surface area contributed by atoms with Gasteiger partial charge in [0.05, 0.1) is 6.04 Å². The highest BCUT2D eigenvalue weighted by atomic mass is 16.5. The van der Waals surface area contributed by atoms with Gasteiger partial charge >= 0.3 is 0 Å². The Hall–Kier alpha value is -2.30. The summed E-state index contributed by atoms with van der Waals surface area (Å²) in [5.74, 6) is 1.29. The second-order valence-corrected chi connectivity index (χ2v) is 5.27. The van der Waals surface area contributed by atoms with Crippen LogP contribution in [0.3, 0.4) is 0 Å². The fraction of sp³-hybridized carbons (Fsp3) is 0.333. The number of hydrogen-bond donors (Lipinski definition) is 1. The molecule has 4 rings (SSSR count). The number of hydrogen-bond acceptors (Lipinski definition) is 4. The third-order valence-corrected chi connectivity index (χ3v) is 3.82. The summed E-state index contributed by atoms with van der Waals surface area (Å²) in [6.45, 7) is 0.527. The molecule has 1 atom stereocenters. The summed E-state index contributed by atoms with van der Waals surface area (Å²) >= 11 is 0. The van der Waals surface area contributed by atoms with E-state index in [1.165, 1.54) is 0 Å². The molecule has 1 unspecified atom stereocenters. The van der Waals surface area contributed by atoms with Crippen molar-refractivity contribution in [3.63, 3.8) is 0 Å². The molecule has 102 valence electrons. The van der Waals surface area contributed by atoms with Gasteiger partial charge in [0.2, 0.25) is 0 Å². The van der Waals surface area contributed by atoms with E-state index in [9.17, 15) is 4.79 Å². The number of nitrogens with one attached hydrogen (secondary N) is 1. The Morgan fingerprint density at radius 3 is 3.00 bits per heavy atom. The van der Waals surface area contributed by atoms with Gasteiger partial charge < -0.3 is 14.6 Å². The maximum atomic E-state index is 12.3. The predicted octanol–water partition coefficient (Wildman–Crippen LogP) is 2.12. The molecule has 1 saturated carbocycles. The van der Waals surface area contributed by atoms with Gasteiger partial charge in [-0.3, -0.25) is 4.79 Å². The Kier molecular flexibility index (Phi) is 2.52. The van der Waals surface area contributed by atoms with Crippen molar-refractivity contribution in [2.24, 2.45) is 0 Å². The van der Waals surface area contributed by atoms with Crippen LogP contribution in [-0.2, 0) is 0 Å². The quantitative estimate of drug-likeness (QED) is 0.927. The van der Waals surface area contributed by atoms with Crippen molar-refractivity contribution < 1.29 is 4.74 Å². The number of aromatic nitrogens is 2. The first-order valence-corrected chi connectivity index (χ1v) is 6.88. The van der Waals surface area contributed by atoms with E-state index in [1.807, 2.05) is 24.3 Å². The molecule has 5 heteroatoms. The summed E-state index contributed by atoms with van der Waals surface area (Å²) in [7, 11) is 0. The molecule has 1 aromatic heterocycles. The van der Waals surface area contributed by atoms with Crippen molar-refractivity contribution in [3.05, 3.63) is 52.6 Å². The number of ether oxygens (including phenoxy) is 1. The van der Waals surface area contributed by atoms with Crippen LogP contribution < -0.4 is 15.6 Å². The lowest BCUT2D eigenvalue weighted by atomic mass is 10.1. The SMILES string of the molecule is O=c1c(NC2COc3ccccc32)nccn1C1CC1. The van der Waals surface area contributed by atoms with Gasteiger partial charge in [0.15, 0.2) is 5.82 Å². The molecule has 0 spiro atoms. The molecular formula is C15H15N3O2. The van der Waals surface area contributed by atoms with Crippen LogP contribution in [0.4, 0.5) is 5.82 Å². The van der Waals surface area contributed by atoms with Crippen LogP contribution in [0.15, 0.2) is 41.5 Å². The second-order valence-electron chi connectivity index (χ2n) is 5.27. The van der Waals surface area contributed by atoms with Crippen LogP contribution in [0.2, 0.25) is 0 Å². The van der Waals surface area contributed by atoms with Gasteiger partial charge in [0.1, 0.15) is 12.4 Å².